The minimum atomic E-state index is -0.975. The number of hydrogen-bond donors (Lipinski definition) is 2. The summed E-state index contributed by atoms with van der Waals surface area (Å²) < 4.78 is 4.86. The summed E-state index contributed by atoms with van der Waals surface area (Å²) in [5, 5.41) is 8.39. The van der Waals surface area contributed by atoms with Gasteiger partial charge in [0.1, 0.15) is 6.04 Å². The molecule has 0 saturated carbocycles. The van der Waals surface area contributed by atoms with E-state index in [1.54, 1.807) is 0 Å². The van der Waals surface area contributed by atoms with Crippen molar-refractivity contribution in [3.63, 3.8) is 0 Å². The first kappa shape index (κ1) is 14.5. The molecular weight excluding hydrogens is 210 g/mol. The second-order valence-electron chi connectivity index (χ2n) is 3.37. The van der Waals surface area contributed by atoms with Crippen molar-refractivity contribution in [3.8, 4) is 12.3 Å². The van der Waals surface area contributed by atoms with Crippen LogP contribution in [0.3, 0.4) is 0 Å². The molecule has 0 amide bonds. The summed E-state index contributed by atoms with van der Waals surface area (Å²) in [5.41, 5.74) is 5.44. The second-order valence-corrected chi connectivity index (χ2v) is 3.37. The Labute approximate surface area is 95.0 Å². The molecule has 0 aliphatic rings. The molecule has 0 aromatic heterocycles. The first-order valence-electron chi connectivity index (χ1n) is 5.15. The molecule has 0 aromatic rings. The molecule has 1 unspecified atom stereocenters. The predicted molar refractivity (Wildman–Crippen MR) is 58.5 cm³/mol. The first-order chi connectivity index (χ1) is 7.57. The zero-order valence-corrected chi connectivity index (χ0v) is 9.15. The summed E-state index contributed by atoms with van der Waals surface area (Å²) >= 11 is 0. The maximum atomic E-state index is 11.2. The molecule has 0 bridgehead atoms. The van der Waals surface area contributed by atoms with Crippen LogP contribution in [0.25, 0.3) is 0 Å². The van der Waals surface area contributed by atoms with Crippen LogP contribution in [-0.2, 0) is 14.3 Å². The monoisotopic (exact) mass is 227 g/mol. The van der Waals surface area contributed by atoms with Crippen LogP contribution in [0.1, 0.15) is 32.1 Å². The molecule has 0 rings (SSSR count). The van der Waals surface area contributed by atoms with E-state index in [2.05, 4.69) is 5.92 Å². The zero-order valence-electron chi connectivity index (χ0n) is 9.15. The molecule has 3 N–H and O–H groups in total. The number of carbonyl (C=O) groups is 2. The van der Waals surface area contributed by atoms with Crippen LogP contribution in [0.15, 0.2) is 0 Å². The minimum Gasteiger partial charge on any atom is -0.481 e. The van der Waals surface area contributed by atoms with E-state index >= 15 is 0 Å². The van der Waals surface area contributed by atoms with Crippen LogP contribution in [0, 0.1) is 12.3 Å². The molecule has 0 aromatic carbocycles. The maximum absolute atomic E-state index is 11.2. The summed E-state index contributed by atoms with van der Waals surface area (Å²) in [5.74, 6) is 0.952. The topological polar surface area (TPSA) is 89.6 Å². The van der Waals surface area contributed by atoms with E-state index < -0.39 is 18.0 Å². The standard InChI is InChI=1S/C11H17NO4/c1-2-3-4-5-8-16-11(15)9(12)6-7-10(13)14/h1,9H,3-8,12H2,(H,13,14). The summed E-state index contributed by atoms with van der Waals surface area (Å²) in [6, 6.07) is -0.858. The number of carboxylic acids is 1. The highest BCUT2D eigenvalue weighted by molar-refractivity contribution is 5.76. The van der Waals surface area contributed by atoms with Crippen molar-refractivity contribution >= 4 is 11.9 Å². The Morgan fingerprint density at radius 2 is 2.12 bits per heavy atom. The van der Waals surface area contributed by atoms with Gasteiger partial charge in [-0.1, -0.05) is 0 Å². The molecule has 0 radical (unpaired) electrons. The predicted octanol–water partition coefficient (Wildman–Crippen LogP) is 0.525. The third kappa shape index (κ3) is 7.83. The third-order valence-corrected chi connectivity index (χ3v) is 1.93. The number of esters is 1. The highest BCUT2D eigenvalue weighted by Crippen LogP contribution is 2.00. The van der Waals surface area contributed by atoms with Crippen LogP contribution < -0.4 is 5.73 Å². The number of carbonyl (C=O) groups excluding carboxylic acids is 1. The molecule has 5 heteroatoms. The Bertz CT molecular complexity index is 270. The normalized spacial score (nSPS) is 11.5. The van der Waals surface area contributed by atoms with Crippen LogP contribution in [-0.4, -0.2) is 29.7 Å². The summed E-state index contributed by atoms with van der Waals surface area (Å²) in [6.07, 6.45) is 7.17. The Balaban J connectivity index is 3.56. The van der Waals surface area contributed by atoms with Gasteiger partial charge in [0.15, 0.2) is 0 Å². The van der Waals surface area contributed by atoms with Crippen molar-refractivity contribution in [2.75, 3.05) is 6.61 Å². The molecule has 0 saturated heterocycles. The molecular formula is C11H17NO4. The van der Waals surface area contributed by atoms with Gasteiger partial charge in [-0.3, -0.25) is 9.59 Å². The van der Waals surface area contributed by atoms with Gasteiger partial charge in [0.05, 0.1) is 6.61 Å². The molecule has 5 nitrogen and oxygen atoms in total. The van der Waals surface area contributed by atoms with E-state index in [9.17, 15) is 9.59 Å². The first-order valence-corrected chi connectivity index (χ1v) is 5.15. The molecule has 0 spiro atoms. The highest BCUT2D eigenvalue weighted by atomic mass is 16.5. The van der Waals surface area contributed by atoms with Gasteiger partial charge in [-0.15, -0.1) is 12.3 Å². The quantitative estimate of drug-likeness (QED) is 0.358. The van der Waals surface area contributed by atoms with Gasteiger partial charge in [0.25, 0.3) is 0 Å². The number of hydrogen-bond acceptors (Lipinski definition) is 4. The Morgan fingerprint density at radius 1 is 1.44 bits per heavy atom. The molecule has 90 valence electrons. The number of unbranched alkanes of at least 4 members (excludes halogenated alkanes) is 2. The van der Waals surface area contributed by atoms with Crippen LogP contribution in [0.2, 0.25) is 0 Å². The lowest BCUT2D eigenvalue weighted by Crippen LogP contribution is -2.33. The van der Waals surface area contributed by atoms with E-state index in [0.29, 0.717) is 12.8 Å². The van der Waals surface area contributed by atoms with Gasteiger partial charge < -0.3 is 15.6 Å². The summed E-state index contributed by atoms with van der Waals surface area (Å²) in [6.45, 7) is 0.279. The molecule has 0 aliphatic carbocycles. The number of nitrogens with two attached hydrogens (primary N) is 1. The fourth-order valence-electron chi connectivity index (χ4n) is 1.01. The molecule has 0 heterocycles. The van der Waals surface area contributed by atoms with Crippen LogP contribution in [0.4, 0.5) is 0 Å². The van der Waals surface area contributed by atoms with Gasteiger partial charge >= 0.3 is 11.9 Å². The van der Waals surface area contributed by atoms with Crippen molar-refractivity contribution in [2.24, 2.45) is 5.73 Å². The van der Waals surface area contributed by atoms with Gasteiger partial charge in [-0.2, -0.15) is 0 Å². The fourth-order valence-corrected chi connectivity index (χ4v) is 1.01. The number of terminal acetylenes is 1. The Hall–Kier alpha value is -1.54. The van der Waals surface area contributed by atoms with E-state index in [1.165, 1.54) is 0 Å². The van der Waals surface area contributed by atoms with Crippen molar-refractivity contribution in [2.45, 2.75) is 38.1 Å². The van der Waals surface area contributed by atoms with Gasteiger partial charge in [0, 0.05) is 12.8 Å². The zero-order chi connectivity index (χ0) is 12.4. The average Bonchev–Trinajstić information content (AvgIpc) is 2.25. The summed E-state index contributed by atoms with van der Waals surface area (Å²) in [7, 11) is 0. The minimum absolute atomic E-state index is 0.0958. The fraction of sp³-hybridized carbons (Fsp3) is 0.636. The lowest BCUT2D eigenvalue weighted by molar-refractivity contribution is -0.145. The number of carboxylic acid groups (broad SMARTS) is 1. The Morgan fingerprint density at radius 3 is 2.69 bits per heavy atom. The van der Waals surface area contributed by atoms with Gasteiger partial charge in [-0.25, -0.2) is 0 Å². The van der Waals surface area contributed by atoms with Crippen molar-refractivity contribution in [1.29, 1.82) is 0 Å². The second kappa shape index (κ2) is 8.74. The van der Waals surface area contributed by atoms with E-state index in [-0.39, 0.29) is 19.4 Å². The number of ether oxygens (including phenoxy) is 1. The Kier molecular flexibility index (Phi) is 7.90. The molecule has 16 heavy (non-hydrogen) atoms. The van der Waals surface area contributed by atoms with Crippen molar-refractivity contribution in [1.82, 2.24) is 0 Å². The average molecular weight is 227 g/mol. The van der Waals surface area contributed by atoms with Crippen LogP contribution >= 0.6 is 0 Å². The lowest BCUT2D eigenvalue weighted by atomic mass is 10.2. The summed E-state index contributed by atoms with van der Waals surface area (Å²) in [4.78, 5) is 21.4. The maximum Gasteiger partial charge on any atom is 0.322 e. The number of aliphatic carboxylic acids is 1. The van der Waals surface area contributed by atoms with E-state index in [4.69, 9.17) is 22.0 Å². The highest BCUT2D eigenvalue weighted by Gasteiger charge is 2.15. The molecule has 0 fully saturated rings. The van der Waals surface area contributed by atoms with E-state index in [0.717, 1.165) is 6.42 Å². The smallest absolute Gasteiger partial charge is 0.322 e. The van der Waals surface area contributed by atoms with Gasteiger partial charge in [-0.05, 0) is 19.3 Å². The molecule has 0 aliphatic heterocycles. The van der Waals surface area contributed by atoms with Crippen molar-refractivity contribution in [3.05, 3.63) is 0 Å². The SMILES string of the molecule is C#CCCCCOC(=O)C(N)CCC(=O)O. The molecule has 1 atom stereocenters. The lowest BCUT2D eigenvalue weighted by Gasteiger charge is -2.09. The van der Waals surface area contributed by atoms with Crippen molar-refractivity contribution < 1.29 is 19.4 Å². The number of rotatable bonds is 8. The van der Waals surface area contributed by atoms with Crippen LogP contribution in [0.5, 0.6) is 0 Å². The third-order valence-electron chi connectivity index (χ3n) is 1.93. The van der Waals surface area contributed by atoms with Gasteiger partial charge in [0.2, 0.25) is 0 Å². The van der Waals surface area contributed by atoms with E-state index in [1.807, 2.05) is 0 Å². The largest absolute Gasteiger partial charge is 0.481 e.